The van der Waals surface area contributed by atoms with Gasteiger partial charge in [0.2, 0.25) is 5.95 Å². The molecule has 5 nitrogen and oxygen atoms in total. The quantitative estimate of drug-likeness (QED) is 0.161. The minimum atomic E-state index is -1.42. The molecule has 10 aromatic rings. The van der Waals surface area contributed by atoms with Gasteiger partial charge in [-0.3, -0.25) is 4.57 Å². The Morgan fingerprint density at radius 2 is 0.870 bits per heavy atom. The maximum atomic E-state index is 5.10. The first kappa shape index (κ1) is 32.1. The zero-order valence-electron chi connectivity index (χ0n) is 30.4. The Bertz CT molecular complexity index is 2950. The molecule has 54 heavy (non-hydrogen) atoms. The molecule has 10 rings (SSSR count). The molecular formula is C48H37N5Si. The summed E-state index contributed by atoms with van der Waals surface area (Å²) in [5.41, 5.74) is 9.90. The maximum Gasteiger partial charge on any atom is 0.238 e. The molecule has 0 fully saturated rings. The predicted octanol–water partition coefficient (Wildman–Crippen LogP) is 11.6. The highest BCUT2D eigenvalue weighted by Gasteiger charge is 2.20. The molecule has 3 aromatic heterocycles. The van der Waals surface area contributed by atoms with E-state index in [1.807, 2.05) is 60.7 Å². The van der Waals surface area contributed by atoms with Crippen molar-refractivity contribution in [2.75, 3.05) is 0 Å². The molecular weight excluding hydrogens is 675 g/mol. The highest BCUT2D eigenvalue weighted by Crippen LogP contribution is 2.38. The number of hydrogen-bond acceptors (Lipinski definition) is 3. The lowest BCUT2D eigenvalue weighted by Gasteiger charge is -2.17. The summed E-state index contributed by atoms with van der Waals surface area (Å²) in [7, 11) is -1.42. The Balaban J connectivity index is 1.16. The zero-order chi connectivity index (χ0) is 36.4. The zero-order valence-corrected chi connectivity index (χ0v) is 31.4. The topological polar surface area (TPSA) is 48.5 Å². The van der Waals surface area contributed by atoms with Crippen LogP contribution in [0.25, 0.3) is 89.2 Å². The largest absolute Gasteiger partial charge is 0.309 e. The smallest absolute Gasteiger partial charge is 0.238 e. The fourth-order valence-electron chi connectivity index (χ4n) is 7.80. The molecule has 7 aromatic carbocycles. The minimum Gasteiger partial charge on any atom is -0.309 e. The van der Waals surface area contributed by atoms with Gasteiger partial charge in [-0.25, -0.2) is 4.98 Å². The fourth-order valence-corrected chi connectivity index (χ4v) is 8.97. The summed E-state index contributed by atoms with van der Waals surface area (Å²) < 4.78 is 4.60. The van der Waals surface area contributed by atoms with E-state index in [1.165, 1.54) is 38.2 Å². The predicted molar refractivity (Wildman–Crippen MR) is 228 cm³/mol. The second-order valence-electron chi connectivity index (χ2n) is 15.0. The normalized spacial score (nSPS) is 12.0. The van der Waals surface area contributed by atoms with E-state index in [0.717, 1.165) is 38.5 Å². The first-order chi connectivity index (χ1) is 26.4. The summed E-state index contributed by atoms with van der Waals surface area (Å²) in [4.78, 5) is 15.2. The van der Waals surface area contributed by atoms with E-state index in [9.17, 15) is 0 Å². The SMILES string of the molecule is C[Si](C)(C)c1ccc(-n2c3ccccc3c3ccc(-c4ccc5c(c4)c4ccccc4n5-c4nc(-c5ccccc5)nc(-c5ccccc5)n4)cc32)cc1. The first-order valence-electron chi connectivity index (χ1n) is 18.5. The molecule has 258 valence electrons. The second kappa shape index (κ2) is 12.5. The average Bonchev–Trinajstić information content (AvgIpc) is 3.73. The van der Waals surface area contributed by atoms with E-state index in [4.69, 9.17) is 15.0 Å². The number of rotatable bonds is 6. The molecule has 0 aliphatic rings. The van der Waals surface area contributed by atoms with Crippen molar-refractivity contribution in [3.8, 4) is 45.5 Å². The number of aromatic nitrogens is 5. The van der Waals surface area contributed by atoms with Gasteiger partial charge in [-0.05, 0) is 53.6 Å². The van der Waals surface area contributed by atoms with Crippen LogP contribution in [0, 0.1) is 0 Å². The van der Waals surface area contributed by atoms with Crippen molar-refractivity contribution in [2.45, 2.75) is 19.6 Å². The fraction of sp³-hybridized carbons (Fsp3) is 0.0625. The van der Waals surface area contributed by atoms with Gasteiger partial charge in [-0.2, -0.15) is 9.97 Å². The van der Waals surface area contributed by atoms with Gasteiger partial charge in [-0.1, -0.05) is 152 Å². The van der Waals surface area contributed by atoms with Crippen LogP contribution in [0.1, 0.15) is 0 Å². The molecule has 0 atom stereocenters. The van der Waals surface area contributed by atoms with Gasteiger partial charge in [0.05, 0.1) is 30.1 Å². The molecule has 0 amide bonds. The molecule has 3 heterocycles. The van der Waals surface area contributed by atoms with Crippen molar-refractivity contribution >= 4 is 56.9 Å². The van der Waals surface area contributed by atoms with E-state index in [0.29, 0.717) is 17.6 Å². The lowest BCUT2D eigenvalue weighted by molar-refractivity contribution is 0.953. The van der Waals surface area contributed by atoms with Gasteiger partial charge >= 0.3 is 0 Å². The van der Waals surface area contributed by atoms with Crippen molar-refractivity contribution < 1.29 is 0 Å². The van der Waals surface area contributed by atoms with Crippen LogP contribution in [0.5, 0.6) is 0 Å². The van der Waals surface area contributed by atoms with Crippen molar-refractivity contribution in [1.29, 1.82) is 0 Å². The molecule has 0 aliphatic heterocycles. The van der Waals surface area contributed by atoms with Gasteiger partial charge in [0.1, 0.15) is 0 Å². The summed E-state index contributed by atoms with van der Waals surface area (Å²) in [6.07, 6.45) is 0. The maximum absolute atomic E-state index is 5.10. The Labute approximate surface area is 314 Å². The van der Waals surface area contributed by atoms with Crippen LogP contribution < -0.4 is 5.19 Å². The summed E-state index contributed by atoms with van der Waals surface area (Å²) in [5.74, 6) is 1.87. The third kappa shape index (κ3) is 5.34. The number of benzene rings is 7. The first-order valence-corrected chi connectivity index (χ1v) is 22.0. The minimum absolute atomic E-state index is 0.590. The third-order valence-corrected chi connectivity index (χ3v) is 12.6. The molecule has 0 saturated carbocycles. The van der Waals surface area contributed by atoms with E-state index in [-0.39, 0.29) is 0 Å². The van der Waals surface area contributed by atoms with Gasteiger partial charge < -0.3 is 4.57 Å². The summed E-state index contributed by atoms with van der Waals surface area (Å²) in [6, 6.07) is 60.5. The molecule has 0 saturated heterocycles. The Morgan fingerprint density at radius 1 is 0.370 bits per heavy atom. The van der Waals surface area contributed by atoms with Crippen LogP contribution in [0.3, 0.4) is 0 Å². The summed E-state index contributed by atoms with van der Waals surface area (Å²) in [5, 5.41) is 6.27. The lowest BCUT2D eigenvalue weighted by Crippen LogP contribution is -2.37. The van der Waals surface area contributed by atoms with Crippen molar-refractivity contribution in [3.63, 3.8) is 0 Å². The van der Waals surface area contributed by atoms with Gasteiger partial charge in [0, 0.05) is 38.4 Å². The van der Waals surface area contributed by atoms with E-state index in [1.54, 1.807) is 0 Å². The van der Waals surface area contributed by atoms with Crippen LogP contribution >= 0.6 is 0 Å². The molecule has 0 radical (unpaired) electrons. The van der Waals surface area contributed by atoms with E-state index >= 15 is 0 Å². The summed E-state index contributed by atoms with van der Waals surface area (Å²) in [6.45, 7) is 7.20. The molecule has 0 N–H and O–H groups in total. The lowest BCUT2D eigenvalue weighted by atomic mass is 10.0. The van der Waals surface area contributed by atoms with Crippen LogP contribution in [-0.4, -0.2) is 32.2 Å². The molecule has 0 unspecified atom stereocenters. The van der Waals surface area contributed by atoms with Crippen molar-refractivity contribution in [2.24, 2.45) is 0 Å². The highest BCUT2D eigenvalue weighted by molar-refractivity contribution is 6.88. The summed E-state index contributed by atoms with van der Waals surface area (Å²) >= 11 is 0. The molecule has 0 spiro atoms. The van der Waals surface area contributed by atoms with Crippen LogP contribution in [0.4, 0.5) is 0 Å². The van der Waals surface area contributed by atoms with Gasteiger partial charge in [0.15, 0.2) is 11.6 Å². The standard InChI is InChI=1S/C48H37N5Si/c1-54(2,3)37-26-24-36(25-27-37)52-42-20-12-10-18-38(42)40-28-22-35(31-45(40)52)34-23-29-44-41(30-34)39-19-11-13-21-43(39)53(44)48-50-46(32-14-6-4-7-15-32)49-47(51-48)33-16-8-5-9-17-33/h4-31H,1-3H3. The van der Waals surface area contributed by atoms with Crippen molar-refractivity contribution in [3.05, 3.63) is 170 Å². The third-order valence-electron chi connectivity index (χ3n) is 10.6. The number of nitrogens with zero attached hydrogens (tertiary/aromatic N) is 5. The van der Waals surface area contributed by atoms with Crippen molar-refractivity contribution in [1.82, 2.24) is 24.1 Å². The van der Waals surface area contributed by atoms with Crippen LogP contribution in [0.2, 0.25) is 19.6 Å². The molecule has 0 bridgehead atoms. The van der Waals surface area contributed by atoms with E-state index < -0.39 is 8.07 Å². The molecule has 6 heteroatoms. The number of fused-ring (bicyclic) bond motifs is 6. The Morgan fingerprint density at radius 3 is 1.50 bits per heavy atom. The number of hydrogen-bond donors (Lipinski definition) is 0. The van der Waals surface area contributed by atoms with Gasteiger partial charge in [-0.15, -0.1) is 0 Å². The number of para-hydroxylation sites is 2. The van der Waals surface area contributed by atoms with Crippen LogP contribution in [-0.2, 0) is 0 Å². The average molecular weight is 712 g/mol. The van der Waals surface area contributed by atoms with Crippen LogP contribution in [0.15, 0.2) is 170 Å². The highest BCUT2D eigenvalue weighted by atomic mass is 28.3. The molecule has 0 aliphatic carbocycles. The monoisotopic (exact) mass is 711 g/mol. The Kier molecular flexibility index (Phi) is 7.42. The second-order valence-corrected chi connectivity index (χ2v) is 20.1. The van der Waals surface area contributed by atoms with E-state index in [2.05, 4.69) is 138 Å². The van der Waals surface area contributed by atoms with Gasteiger partial charge in [0.25, 0.3) is 0 Å². The Hall–Kier alpha value is -6.63.